The van der Waals surface area contributed by atoms with Gasteiger partial charge < -0.3 is 14.9 Å². The van der Waals surface area contributed by atoms with Crippen LogP contribution in [0.3, 0.4) is 0 Å². The van der Waals surface area contributed by atoms with Crippen molar-refractivity contribution in [3.63, 3.8) is 0 Å². The Balaban J connectivity index is 2.39. The van der Waals surface area contributed by atoms with Gasteiger partial charge in [0.1, 0.15) is 22.8 Å². The first-order valence-corrected chi connectivity index (χ1v) is 7.25. The summed E-state index contributed by atoms with van der Waals surface area (Å²) in [7, 11) is 0. The van der Waals surface area contributed by atoms with Crippen LogP contribution in [0, 0.1) is 0 Å². The highest BCUT2D eigenvalue weighted by atomic mass is 16.5. The minimum atomic E-state index is -0.650. The number of hydrogen-bond donors (Lipinski definition) is 2. The van der Waals surface area contributed by atoms with Gasteiger partial charge in [0.05, 0.1) is 6.10 Å². The number of hydrogen-bond acceptors (Lipinski definition) is 5. The molecule has 1 aliphatic heterocycles. The van der Waals surface area contributed by atoms with Gasteiger partial charge in [-0.1, -0.05) is 6.42 Å². The molecule has 0 fully saturated rings. The van der Waals surface area contributed by atoms with E-state index in [1.54, 1.807) is 0 Å². The van der Waals surface area contributed by atoms with E-state index in [1.807, 2.05) is 6.92 Å². The molecule has 21 heavy (non-hydrogen) atoms. The van der Waals surface area contributed by atoms with Crippen LogP contribution in [0.4, 0.5) is 0 Å². The lowest BCUT2D eigenvalue weighted by Gasteiger charge is -2.17. The molecule has 1 aromatic rings. The summed E-state index contributed by atoms with van der Waals surface area (Å²) in [5.41, 5.74) is 0.295. The van der Waals surface area contributed by atoms with Crippen LogP contribution in [-0.4, -0.2) is 28.1 Å². The van der Waals surface area contributed by atoms with E-state index in [1.165, 1.54) is 6.07 Å². The fourth-order valence-electron chi connectivity index (χ4n) is 2.58. The number of carbonyl (C=O) groups is 2. The van der Waals surface area contributed by atoms with E-state index in [0.717, 1.165) is 31.7 Å². The molecule has 2 N–H and O–H groups in total. The number of Topliss-reactive ketones (excluding diaryl/α,β-unsaturated/α-hetero) is 1. The number of cyclic esters (lactones) is 1. The molecule has 1 aliphatic rings. The maximum absolute atomic E-state index is 12.2. The van der Waals surface area contributed by atoms with E-state index in [4.69, 9.17) is 4.74 Å². The molecule has 2 rings (SSSR count). The lowest BCUT2D eigenvalue weighted by molar-refractivity contribution is -0.118. The Labute approximate surface area is 123 Å². The second-order valence-electron chi connectivity index (χ2n) is 5.53. The SMILES string of the molecule is C[C@H]1CCCCCC(=O)Cc2cc(O)cc(O)c2C(=O)O1. The van der Waals surface area contributed by atoms with Gasteiger partial charge in [0.25, 0.3) is 0 Å². The fourth-order valence-corrected chi connectivity index (χ4v) is 2.58. The lowest BCUT2D eigenvalue weighted by atomic mass is 9.97. The molecule has 0 bridgehead atoms. The van der Waals surface area contributed by atoms with Crippen LogP contribution < -0.4 is 0 Å². The monoisotopic (exact) mass is 292 g/mol. The van der Waals surface area contributed by atoms with Crippen LogP contribution in [0.1, 0.15) is 54.9 Å². The van der Waals surface area contributed by atoms with Crippen molar-refractivity contribution >= 4 is 11.8 Å². The van der Waals surface area contributed by atoms with Crippen molar-refractivity contribution in [3.8, 4) is 11.5 Å². The Morgan fingerprint density at radius 2 is 1.90 bits per heavy atom. The highest BCUT2D eigenvalue weighted by Gasteiger charge is 2.23. The van der Waals surface area contributed by atoms with Gasteiger partial charge >= 0.3 is 5.97 Å². The van der Waals surface area contributed by atoms with Crippen LogP contribution in [0.2, 0.25) is 0 Å². The molecule has 0 saturated heterocycles. The van der Waals surface area contributed by atoms with Gasteiger partial charge in [-0.25, -0.2) is 4.79 Å². The molecule has 0 aliphatic carbocycles. The summed E-state index contributed by atoms with van der Waals surface area (Å²) in [4.78, 5) is 24.1. The van der Waals surface area contributed by atoms with Crippen molar-refractivity contribution in [2.45, 2.75) is 51.6 Å². The fraction of sp³-hybridized carbons (Fsp3) is 0.500. The summed E-state index contributed by atoms with van der Waals surface area (Å²) in [5.74, 6) is -1.19. The van der Waals surface area contributed by atoms with E-state index in [-0.39, 0.29) is 35.4 Å². The zero-order valence-electron chi connectivity index (χ0n) is 12.1. The number of fused-ring (bicyclic) bond motifs is 1. The average molecular weight is 292 g/mol. The highest BCUT2D eigenvalue weighted by Crippen LogP contribution is 2.29. The molecular weight excluding hydrogens is 272 g/mol. The Morgan fingerprint density at radius 3 is 2.67 bits per heavy atom. The Morgan fingerprint density at radius 1 is 1.14 bits per heavy atom. The molecule has 0 aromatic heterocycles. The van der Waals surface area contributed by atoms with Gasteiger partial charge in [-0.2, -0.15) is 0 Å². The van der Waals surface area contributed by atoms with Crippen molar-refractivity contribution in [2.75, 3.05) is 0 Å². The van der Waals surface area contributed by atoms with E-state index in [0.29, 0.717) is 12.0 Å². The molecule has 1 heterocycles. The van der Waals surface area contributed by atoms with Crippen molar-refractivity contribution < 1.29 is 24.5 Å². The number of phenols is 2. The third kappa shape index (κ3) is 3.97. The molecule has 0 unspecified atom stereocenters. The summed E-state index contributed by atoms with van der Waals surface area (Å²) in [6.07, 6.45) is 3.57. The Bertz CT molecular complexity index is 550. The number of esters is 1. The van der Waals surface area contributed by atoms with Gasteiger partial charge in [0.15, 0.2) is 0 Å². The topological polar surface area (TPSA) is 83.8 Å². The summed E-state index contributed by atoms with van der Waals surface area (Å²) in [5, 5.41) is 19.5. The molecule has 1 aromatic carbocycles. The average Bonchev–Trinajstić information content (AvgIpc) is 2.35. The van der Waals surface area contributed by atoms with Crippen LogP contribution in [-0.2, 0) is 16.0 Å². The summed E-state index contributed by atoms with van der Waals surface area (Å²) < 4.78 is 5.31. The van der Waals surface area contributed by atoms with Crippen molar-refractivity contribution in [2.24, 2.45) is 0 Å². The third-order valence-electron chi connectivity index (χ3n) is 3.65. The maximum Gasteiger partial charge on any atom is 0.342 e. The van der Waals surface area contributed by atoms with Gasteiger partial charge in [0, 0.05) is 18.9 Å². The Kier molecular flexibility index (Phi) is 4.83. The van der Waals surface area contributed by atoms with Crippen molar-refractivity contribution in [1.82, 2.24) is 0 Å². The van der Waals surface area contributed by atoms with E-state index in [2.05, 4.69) is 0 Å². The molecule has 0 amide bonds. The molecule has 114 valence electrons. The summed E-state index contributed by atoms with van der Waals surface area (Å²) >= 11 is 0. The smallest absolute Gasteiger partial charge is 0.342 e. The number of benzene rings is 1. The van der Waals surface area contributed by atoms with Crippen LogP contribution in [0.5, 0.6) is 11.5 Å². The first-order chi connectivity index (χ1) is 9.97. The van der Waals surface area contributed by atoms with E-state index >= 15 is 0 Å². The van der Waals surface area contributed by atoms with Crippen molar-refractivity contribution in [1.29, 1.82) is 0 Å². The standard InChI is InChI=1S/C16H20O5/c1-10-5-3-2-4-6-12(17)7-11-8-13(18)9-14(19)15(11)16(20)21-10/h8-10,18-19H,2-7H2,1H3/t10-/m0/s1. The predicted molar refractivity (Wildman–Crippen MR) is 76.4 cm³/mol. The lowest BCUT2D eigenvalue weighted by Crippen LogP contribution is -2.18. The molecule has 1 atom stereocenters. The predicted octanol–water partition coefficient (Wildman–Crippen LogP) is 2.72. The van der Waals surface area contributed by atoms with Crippen LogP contribution >= 0.6 is 0 Å². The normalized spacial score (nSPS) is 20.9. The number of ketones is 1. The molecular formula is C16H20O5. The molecule has 5 nitrogen and oxygen atoms in total. The second-order valence-corrected chi connectivity index (χ2v) is 5.53. The zero-order valence-corrected chi connectivity index (χ0v) is 12.1. The number of phenolic OH excluding ortho intramolecular Hbond substituents is 2. The molecule has 5 heteroatoms. The van der Waals surface area contributed by atoms with Crippen LogP contribution in [0.15, 0.2) is 12.1 Å². The molecule has 0 saturated carbocycles. The number of ether oxygens (including phenoxy) is 1. The second kappa shape index (κ2) is 6.61. The van der Waals surface area contributed by atoms with Crippen molar-refractivity contribution in [3.05, 3.63) is 23.3 Å². The minimum absolute atomic E-state index is 0.0114. The number of carbonyl (C=O) groups excluding carboxylic acids is 2. The largest absolute Gasteiger partial charge is 0.508 e. The van der Waals surface area contributed by atoms with E-state index in [9.17, 15) is 19.8 Å². The van der Waals surface area contributed by atoms with Crippen LogP contribution in [0.25, 0.3) is 0 Å². The molecule has 0 spiro atoms. The summed E-state index contributed by atoms with van der Waals surface area (Å²) in [6.45, 7) is 1.81. The first-order valence-electron chi connectivity index (χ1n) is 7.25. The number of aromatic hydroxyl groups is 2. The van der Waals surface area contributed by atoms with Gasteiger partial charge in [-0.15, -0.1) is 0 Å². The highest BCUT2D eigenvalue weighted by molar-refractivity contribution is 5.96. The van der Waals surface area contributed by atoms with Gasteiger partial charge in [-0.3, -0.25) is 4.79 Å². The maximum atomic E-state index is 12.2. The summed E-state index contributed by atoms with van der Waals surface area (Å²) in [6, 6.07) is 2.42. The zero-order chi connectivity index (χ0) is 15.4. The van der Waals surface area contributed by atoms with Gasteiger partial charge in [0.2, 0.25) is 0 Å². The first kappa shape index (κ1) is 15.4. The number of rotatable bonds is 0. The van der Waals surface area contributed by atoms with Gasteiger partial charge in [-0.05, 0) is 37.8 Å². The van der Waals surface area contributed by atoms with E-state index < -0.39 is 5.97 Å². The Hall–Kier alpha value is -2.04. The minimum Gasteiger partial charge on any atom is -0.508 e. The quantitative estimate of drug-likeness (QED) is 0.718. The molecule has 0 radical (unpaired) electrons. The third-order valence-corrected chi connectivity index (χ3v) is 3.65.